The lowest BCUT2D eigenvalue weighted by Crippen LogP contribution is -2.49. The summed E-state index contributed by atoms with van der Waals surface area (Å²) < 4.78 is 0. The van der Waals surface area contributed by atoms with E-state index < -0.39 is 0 Å². The number of piperazine rings is 1. The van der Waals surface area contributed by atoms with Gasteiger partial charge in [0.15, 0.2) is 0 Å². The molecule has 3 amide bonds. The first-order valence-corrected chi connectivity index (χ1v) is 9.63. The minimum absolute atomic E-state index is 0.0104. The van der Waals surface area contributed by atoms with Crippen LogP contribution < -0.4 is 5.32 Å². The van der Waals surface area contributed by atoms with Crippen LogP contribution in [0.2, 0.25) is 0 Å². The molecule has 0 spiro atoms. The molecule has 2 aromatic carbocycles. The minimum atomic E-state index is -0.107. The van der Waals surface area contributed by atoms with Gasteiger partial charge in [0.2, 0.25) is 5.91 Å². The number of amides is 3. The van der Waals surface area contributed by atoms with E-state index in [-0.39, 0.29) is 18.4 Å². The fourth-order valence-corrected chi connectivity index (χ4v) is 3.26. The Morgan fingerprint density at radius 2 is 1.57 bits per heavy atom. The van der Waals surface area contributed by atoms with Gasteiger partial charge < -0.3 is 15.1 Å². The van der Waals surface area contributed by atoms with Gasteiger partial charge in [-0.25, -0.2) is 4.79 Å². The van der Waals surface area contributed by atoms with E-state index in [1.807, 2.05) is 35.2 Å². The molecule has 0 saturated carbocycles. The molecule has 1 heterocycles. The zero-order chi connectivity index (χ0) is 19.9. The third kappa shape index (κ3) is 5.33. The Balaban J connectivity index is 1.54. The molecule has 0 radical (unpaired) electrons. The topological polar surface area (TPSA) is 55.9 Å². The van der Waals surface area contributed by atoms with Crippen LogP contribution in [0.3, 0.4) is 0 Å². The SMILES string of the molecule is CN(C)C(=O)Cc1ccccc1NC(=O)N1CCN(Cc2ccccc2)CC1. The third-order valence-corrected chi connectivity index (χ3v) is 5.01. The predicted octanol–water partition coefficient (Wildman–Crippen LogP) is 2.67. The lowest BCUT2D eigenvalue weighted by Gasteiger charge is -2.34. The summed E-state index contributed by atoms with van der Waals surface area (Å²) in [4.78, 5) is 30.5. The van der Waals surface area contributed by atoms with E-state index in [0.29, 0.717) is 18.8 Å². The number of rotatable bonds is 5. The molecule has 0 aromatic heterocycles. The van der Waals surface area contributed by atoms with Crippen LogP contribution in [0.15, 0.2) is 54.6 Å². The Bertz CT molecular complexity index is 799. The van der Waals surface area contributed by atoms with Crippen LogP contribution in [0.4, 0.5) is 10.5 Å². The van der Waals surface area contributed by atoms with Crippen molar-refractivity contribution in [3.05, 3.63) is 65.7 Å². The largest absolute Gasteiger partial charge is 0.349 e. The molecule has 0 atom stereocenters. The van der Waals surface area contributed by atoms with Gasteiger partial charge in [-0.15, -0.1) is 0 Å². The van der Waals surface area contributed by atoms with Crippen molar-refractivity contribution in [3.63, 3.8) is 0 Å². The Morgan fingerprint density at radius 1 is 0.929 bits per heavy atom. The number of carbonyl (C=O) groups is 2. The van der Waals surface area contributed by atoms with Crippen molar-refractivity contribution in [1.82, 2.24) is 14.7 Å². The smallest absolute Gasteiger partial charge is 0.321 e. The predicted molar refractivity (Wildman–Crippen MR) is 111 cm³/mol. The van der Waals surface area contributed by atoms with Crippen LogP contribution in [0.1, 0.15) is 11.1 Å². The average Bonchev–Trinajstić information content (AvgIpc) is 2.70. The lowest BCUT2D eigenvalue weighted by atomic mass is 10.1. The molecule has 28 heavy (non-hydrogen) atoms. The molecule has 0 bridgehead atoms. The first-order chi connectivity index (χ1) is 13.5. The van der Waals surface area contributed by atoms with Gasteiger partial charge in [-0.2, -0.15) is 0 Å². The number of hydrogen-bond donors (Lipinski definition) is 1. The van der Waals surface area contributed by atoms with Crippen LogP contribution in [-0.2, 0) is 17.8 Å². The van der Waals surface area contributed by atoms with E-state index in [0.717, 1.165) is 25.2 Å². The quantitative estimate of drug-likeness (QED) is 0.868. The number of anilines is 1. The van der Waals surface area contributed by atoms with Crippen LogP contribution in [0.5, 0.6) is 0 Å². The van der Waals surface area contributed by atoms with Gasteiger partial charge in [0.05, 0.1) is 6.42 Å². The van der Waals surface area contributed by atoms with E-state index in [2.05, 4.69) is 34.5 Å². The van der Waals surface area contributed by atoms with E-state index >= 15 is 0 Å². The molecule has 6 nitrogen and oxygen atoms in total. The standard InChI is InChI=1S/C22H28N4O2/c1-24(2)21(27)16-19-10-6-7-11-20(19)23-22(28)26-14-12-25(13-15-26)17-18-8-4-3-5-9-18/h3-11H,12-17H2,1-2H3,(H,23,28). The Labute approximate surface area is 166 Å². The van der Waals surface area contributed by atoms with Gasteiger partial charge in [0, 0.05) is 52.5 Å². The van der Waals surface area contributed by atoms with E-state index in [1.165, 1.54) is 5.56 Å². The molecular weight excluding hydrogens is 352 g/mol. The number of nitrogens with one attached hydrogen (secondary N) is 1. The maximum atomic E-state index is 12.7. The summed E-state index contributed by atoms with van der Waals surface area (Å²) in [6.45, 7) is 3.99. The molecule has 0 unspecified atom stereocenters. The zero-order valence-corrected chi connectivity index (χ0v) is 16.6. The Hall–Kier alpha value is -2.86. The molecular formula is C22H28N4O2. The van der Waals surface area contributed by atoms with Crippen molar-refractivity contribution >= 4 is 17.6 Å². The molecule has 0 aliphatic carbocycles. The Kier molecular flexibility index (Phi) is 6.66. The second-order valence-corrected chi connectivity index (χ2v) is 7.30. The van der Waals surface area contributed by atoms with Crippen molar-refractivity contribution < 1.29 is 9.59 Å². The van der Waals surface area contributed by atoms with Crippen molar-refractivity contribution in [1.29, 1.82) is 0 Å². The van der Waals surface area contributed by atoms with Crippen LogP contribution in [-0.4, -0.2) is 66.9 Å². The number of likely N-dealkylation sites (N-methyl/N-ethyl adjacent to an activating group) is 1. The molecule has 2 aromatic rings. The van der Waals surface area contributed by atoms with Gasteiger partial charge >= 0.3 is 6.03 Å². The van der Waals surface area contributed by atoms with E-state index in [9.17, 15) is 9.59 Å². The summed E-state index contributed by atoms with van der Waals surface area (Å²) in [6.07, 6.45) is 0.272. The highest BCUT2D eigenvalue weighted by Crippen LogP contribution is 2.18. The first-order valence-electron chi connectivity index (χ1n) is 9.63. The van der Waals surface area contributed by atoms with Crippen molar-refractivity contribution in [2.24, 2.45) is 0 Å². The number of hydrogen-bond acceptors (Lipinski definition) is 3. The number of urea groups is 1. The van der Waals surface area contributed by atoms with Gasteiger partial charge in [-0.1, -0.05) is 48.5 Å². The molecule has 1 fully saturated rings. The summed E-state index contributed by atoms with van der Waals surface area (Å²) in [7, 11) is 3.47. The average molecular weight is 380 g/mol. The molecule has 1 aliphatic heterocycles. The van der Waals surface area contributed by atoms with Crippen molar-refractivity contribution in [3.8, 4) is 0 Å². The van der Waals surface area contributed by atoms with Crippen LogP contribution in [0.25, 0.3) is 0 Å². The van der Waals surface area contributed by atoms with Gasteiger partial charge in [-0.05, 0) is 17.2 Å². The van der Waals surface area contributed by atoms with Crippen LogP contribution >= 0.6 is 0 Å². The molecule has 3 rings (SSSR count). The highest BCUT2D eigenvalue weighted by atomic mass is 16.2. The monoisotopic (exact) mass is 380 g/mol. The second kappa shape index (κ2) is 9.37. The summed E-state index contributed by atoms with van der Waals surface area (Å²) in [5.41, 5.74) is 2.83. The van der Waals surface area contributed by atoms with Crippen LogP contribution in [0, 0.1) is 0 Å². The number of nitrogens with zero attached hydrogens (tertiary/aromatic N) is 3. The maximum absolute atomic E-state index is 12.7. The summed E-state index contributed by atoms with van der Waals surface area (Å²) in [6, 6.07) is 17.8. The number of para-hydroxylation sites is 1. The zero-order valence-electron chi connectivity index (χ0n) is 16.6. The highest BCUT2D eigenvalue weighted by Gasteiger charge is 2.22. The second-order valence-electron chi connectivity index (χ2n) is 7.30. The van der Waals surface area contributed by atoms with Crippen molar-refractivity contribution in [2.45, 2.75) is 13.0 Å². The molecule has 148 valence electrons. The fourth-order valence-electron chi connectivity index (χ4n) is 3.26. The normalized spacial score (nSPS) is 14.6. The Morgan fingerprint density at radius 3 is 2.25 bits per heavy atom. The highest BCUT2D eigenvalue weighted by molar-refractivity contribution is 5.91. The fraction of sp³-hybridized carbons (Fsp3) is 0.364. The summed E-state index contributed by atoms with van der Waals surface area (Å²) in [5.74, 6) is 0.0104. The van der Waals surface area contributed by atoms with Gasteiger partial charge in [0.25, 0.3) is 0 Å². The lowest BCUT2D eigenvalue weighted by molar-refractivity contribution is -0.127. The number of carbonyl (C=O) groups excluding carboxylic acids is 2. The minimum Gasteiger partial charge on any atom is -0.349 e. The molecule has 1 saturated heterocycles. The molecule has 6 heteroatoms. The summed E-state index contributed by atoms with van der Waals surface area (Å²) >= 11 is 0. The number of benzene rings is 2. The first kappa shape index (κ1) is 19.9. The van der Waals surface area contributed by atoms with E-state index in [1.54, 1.807) is 19.0 Å². The molecule has 1 aliphatic rings. The van der Waals surface area contributed by atoms with E-state index in [4.69, 9.17) is 0 Å². The summed E-state index contributed by atoms with van der Waals surface area (Å²) in [5, 5.41) is 2.99. The maximum Gasteiger partial charge on any atom is 0.321 e. The van der Waals surface area contributed by atoms with Gasteiger partial charge in [-0.3, -0.25) is 9.69 Å². The molecule has 1 N–H and O–H groups in total. The van der Waals surface area contributed by atoms with Crippen molar-refractivity contribution in [2.75, 3.05) is 45.6 Å². The van der Waals surface area contributed by atoms with Gasteiger partial charge in [0.1, 0.15) is 0 Å². The third-order valence-electron chi connectivity index (χ3n) is 5.01.